The summed E-state index contributed by atoms with van der Waals surface area (Å²) in [4.78, 5) is 15.1. The lowest BCUT2D eigenvalue weighted by Crippen LogP contribution is -1.81. The summed E-state index contributed by atoms with van der Waals surface area (Å²) in [6.07, 6.45) is 3.31. The molecule has 0 saturated heterocycles. The van der Waals surface area contributed by atoms with Crippen LogP contribution in [0.2, 0.25) is 0 Å². The van der Waals surface area contributed by atoms with Crippen molar-refractivity contribution in [2.24, 2.45) is 0 Å². The summed E-state index contributed by atoms with van der Waals surface area (Å²) in [5.41, 5.74) is 1.46. The highest BCUT2D eigenvalue weighted by atomic mass is 79.9. The van der Waals surface area contributed by atoms with E-state index < -0.39 is 0 Å². The first kappa shape index (κ1) is 7.42. The topological polar surface area (TPSA) is 54.5 Å². The van der Waals surface area contributed by atoms with Gasteiger partial charge in [0.1, 0.15) is 11.3 Å². The highest BCUT2D eigenvalue weighted by molar-refractivity contribution is 9.10. The van der Waals surface area contributed by atoms with E-state index in [1.54, 1.807) is 12.3 Å². The fourth-order valence-electron chi connectivity index (χ4n) is 0.902. The molecule has 0 fully saturated rings. The molecule has 2 aromatic heterocycles. The fraction of sp³-hybridized carbons (Fsp3) is 0. The number of rotatable bonds is 1. The number of halogens is 1. The average Bonchev–Trinajstić information content (AvgIpc) is 2.46. The monoisotopic (exact) mass is 224 g/mol. The van der Waals surface area contributed by atoms with Crippen molar-refractivity contribution in [3.63, 3.8) is 0 Å². The number of hydrogen-bond acceptors (Lipinski definition) is 3. The molecule has 1 N–H and O–H groups in total. The van der Waals surface area contributed by atoms with Crippen molar-refractivity contribution in [2.75, 3.05) is 0 Å². The number of imidazole rings is 1. The molecule has 2 rings (SSSR count). The maximum Gasteiger partial charge on any atom is 0.198 e. The van der Waals surface area contributed by atoms with E-state index in [1.165, 1.54) is 0 Å². The maximum absolute atomic E-state index is 4.14. The van der Waals surface area contributed by atoms with Gasteiger partial charge in [0, 0.05) is 0 Å². The summed E-state index contributed by atoms with van der Waals surface area (Å²) in [6, 6.07) is 0. The quantitative estimate of drug-likeness (QED) is 0.752. The van der Waals surface area contributed by atoms with E-state index in [0.29, 0.717) is 16.2 Å². The number of H-pyrrole nitrogens is 1. The predicted molar refractivity (Wildman–Crippen MR) is 49.5 cm³/mol. The Kier molecular flexibility index (Phi) is 1.65. The van der Waals surface area contributed by atoms with Gasteiger partial charge in [0.05, 0.1) is 6.20 Å². The van der Waals surface area contributed by atoms with Crippen LogP contribution in [0.3, 0.4) is 0 Å². The van der Waals surface area contributed by atoms with E-state index in [0.717, 1.165) is 5.52 Å². The van der Waals surface area contributed by atoms with Gasteiger partial charge in [0.15, 0.2) is 10.4 Å². The number of hydrogen-bond donors (Lipinski definition) is 1. The molecule has 0 radical (unpaired) electrons. The molecule has 0 atom stereocenters. The standard InChI is InChI=1S/C7H5BrN4/c1-2-5-10-4-3-9-7(8)12-6(4)11-5/h2-3H,1H2,(H,9,10,11,12). The third-order valence-electron chi connectivity index (χ3n) is 1.42. The van der Waals surface area contributed by atoms with E-state index in [1.807, 2.05) is 0 Å². The molecular weight excluding hydrogens is 220 g/mol. The molecule has 5 heteroatoms. The molecule has 0 unspecified atom stereocenters. The van der Waals surface area contributed by atoms with Crippen LogP contribution >= 0.6 is 15.9 Å². The summed E-state index contributed by atoms with van der Waals surface area (Å²) in [6.45, 7) is 3.59. The lowest BCUT2D eigenvalue weighted by atomic mass is 10.6. The SMILES string of the molecule is C=Cc1nc2nc(Br)ncc2[nH]1. The third-order valence-corrected chi connectivity index (χ3v) is 1.80. The number of nitrogens with zero attached hydrogens (tertiary/aromatic N) is 3. The highest BCUT2D eigenvalue weighted by Crippen LogP contribution is 2.10. The Bertz CT molecular complexity index is 434. The van der Waals surface area contributed by atoms with Gasteiger partial charge in [-0.2, -0.15) is 0 Å². The van der Waals surface area contributed by atoms with Gasteiger partial charge in [0.25, 0.3) is 0 Å². The molecule has 0 aromatic carbocycles. The predicted octanol–water partition coefficient (Wildman–Crippen LogP) is 1.76. The van der Waals surface area contributed by atoms with Gasteiger partial charge in [0.2, 0.25) is 0 Å². The molecule has 4 nitrogen and oxygen atoms in total. The molecule has 60 valence electrons. The van der Waals surface area contributed by atoms with Crippen molar-refractivity contribution < 1.29 is 0 Å². The minimum atomic E-state index is 0.539. The molecule has 0 spiro atoms. The van der Waals surface area contributed by atoms with Gasteiger partial charge in [-0.25, -0.2) is 15.0 Å². The van der Waals surface area contributed by atoms with Crippen LogP contribution in [0.25, 0.3) is 17.2 Å². The van der Waals surface area contributed by atoms with Gasteiger partial charge in [-0.05, 0) is 22.0 Å². The lowest BCUT2D eigenvalue weighted by molar-refractivity contribution is 1.14. The molecule has 2 heterocycles. The van der Waals surface area contributed by atoms with Crippen LogP contribution in [0.5, 0.6) is 0 Å². The van der Waals surface area contributed by atoms with E-state index in [9.17, 15) is 0 Å². The molecule has 12 heavy (non-hydrogen) atoms. The normalized spacial score (nSPS) is 10.4. The summed E-state index contributed by atoms with van der Waals surface area (Å²) >= 11 is 3.16. The van der Waals surface area contributed by atoms with Gasteiger partial charge < -0.3 is 4.98 Å². The molecule has 0 amide bonds. The van der Waals surface area contributed by atoms with Crippen LogP contribution < -0.4 is 0 Å². The first-order chi connectivity index (χ1) is 5.79. The average molecular weight is 225 g/mol. The zero-order chi connectivity index (χ0) is 8.55. The number of nitrogens with one attached hydrogen (secondary N) is 1. The number of aromatic amines is 1. The van der Waals surface area contributed by atoms with Gasteiger partial charge >= 0.3 is 0 Å². The minimum absolute atomic E-state index is 0.539. The summed E-state index contributed by atoms with van der Waals surface area (Å²) < 4.78 is 0.539. The molecular formula is C7H5BrN4. The second-order valence-electron chi connectivity index (χ2n) is 2.20. The summed E-state index contributed by atoms with van der Waals surface area (Å²) in [5.74, 6) is 0.706. The third kappa shape index (κ3) is 1.12. The van der Waals surface area contributed by atoms with Crippen LogP contribution in [0.1, 0.15) is 5.82 Å². The lowest BCUT2D eigenvalue weighted by Gasteiger charge is -1.85. The Balaban J connectivity index is 2.75. The van der Waals surface area contributed by atoms with Crippen molar-refractivity contribution in [2.45, 2.75) is 0 Å². The Morgan fingerprint density at radius 2 is 2.33 bits per heavy atom. The van der Waals surface area contributed by atoms with E-state index in [4.69, 9.17) is 0 Å². The first-order valence-corrected chi connectivity index (χ1v) is 4.09. The second kappa shape index (κ2) is 2.67. The molecule has 0 aliphatic heterocycles. The molecule has 2 aromatic rings. The van der Waals surface area contributed by atoms with E-state index >= 15 is 0 Å². The number of aromatic nitrogens is 4. The van der Waals surface area contributed by atoms with Gasteiger partial charge in [-0.1, -0.05) is 6.58 Å². The van der Waals surface area contributed by atoms with Crippen molar-refractivity contribution in [1.82, 2.24) is 19.9 Å². The Labute approximate surface area is 76.9 Å². The maximum atomic E-state index is 4.14. The Hall–Kier alpha value is -1.23. The summed E-state index contributed by atoms with van der Waals surface area (Å²) in [5, 5.41) is 0. The van der Waals surface area contributed by atoms with Crippen molar-refractivity contribution >= 4 is 33.2 Å². The van der Waals surface area contributed by atoms with Gasteiger partial charge in [-0.3, -0.25) is 0 Å². The minimum Gasteiger partial charge on any atom is -0.336 e. The molecule has 0 aliphatic carbocycles. The molecule has 0 bridgehead atoms. The van der Waals surface area contributed by atoms with Crippen LogP contribution in [0, 0.1) is 0 Å². The Morgan fingerprint density at radius 1 is 1.50 bits per heavy atom. The second-order valence-corrected chi connectivity index (χ2v) is 2.91. The van der Waals surface area contributed by atoms with Crippen LogP contribution in [-0.2, 0) is 0 Å². The van der Waals surface area contributed by atoms with E-state index in [-0.39, 0.29) is 0 Å². The zero-order valence-corrected chi connectivity index (χ0v) is 7.67. The molecule has 0 saturated carbocycles. The van der Waals surface area contributed by atoms with Crippen LogP contribution in [-0.4, -0.2) is 19.9 Å². The van der Waals surface area contributed by atoms with Crippen molar-refractivity contribution in [1.29, 1.82) is 0 Å². The van der Waals surface area contributed by atoms with Crippen LogP contribution in [0.4, 0.5) is 0 Å². The first-order valence-electron chi connectivity index (χ1n) is 3.30. The summed E-state index contributed by atoms with van der Waals surface area (Å²) in [7, 11) is 0. The largest absolute Gasteiger partial charge is 0.336 e. The Morgan fingerprint density at radius 3 is 3.08 bits per heavy atom. The van der Waals surface area contributed by atoms with Crippen molar-refractivity contribution in [3.8, 4) is 0 Å². The fourth-order valence-corrected chi connectivity index (χ4v) is 1.17. The van der Waals surface area contributed by atoms with Gasteiger partial charge in [-0.15, -0.1) is 0 Å². The zero-order valence-electron chi connectivity index (χ0n) is 6.08. The smallest absolute Gasteiger partial charge is 0.198 e. The van der Waals surface area contributed by atoms with E-state index in [2.05, 4.69) is 42.4 Å². The number of fused-ring (bicyclic) bond motifs is 1. The highest BCUT2D eigenvalue weighted by Gasteiger charge is 2.01. The van der Waals surface area contributed by atoms with Crippen LogP contribution in [0.15, 0.2) is 17.5 Å². The molecule has 0 aliphatic rings. The van der Waals surface area contributed by atoms with Crippen molar-refractivity contribution in [3.05, 3.63) is 23.3 Å².